The Labute approximate surface area is 134 Å². The second kappa shape index (κ2) is 8.05. The summed E-state index contributed by atoms with van der Waals surface area (Å²) in [6.07, 6.45) is 5.07. The first-order valence-corrected chi connectivity index (χ1v) is 7.80. The molecule has 0 spiro atoms. The number of aromatic nitrogens is 1. The summed E-state index contributed by atoms with van der Waals surface area (Å²) in [4.78, 5) is 18.3. The Morgan fingerprint density at radius 1 is 1.14 bits per heavy atom. The van der Waals surface area contributed by atoms with Gasteiger partial charge in [-0.3, -0.25) is 9.78 Å². The summed E-state index contributed by atoms with van der Waals surface area (Å²) in [5.41, 5.74) is 2.03. The quantitative estimate of drug-likeness (QED) is 0.712. The number of pyridine rings is 1. The van der Waals surface area contributed by atoms with E-state index in [1.807, 2.05) is 36.4 Å². The van der Waals surface area contributed by atoms with Crippen LogP contribution in [0, 0.1) is 0 Å². The Morgan fingerprint density at radius 3 is 2.48 bits per heavy atom. The topological polar surface area (TPSA) is 33.2 Å². The Bertz CT molecular complexity index is 569. The van der Waals surface area contributed by atoms with Crippen LogP contribution in [0.2, 0.25) is 0 Å². The molecular formula is C17H19BrN2O. The van der Waals surface area contributed by atoms with Gasteiger partial charge in [0.05, 0.1) is 0 Å². The molecule has 0 saturated carbocycles. The van der Waals surface area contributed by atoms with Crippen molar-refractivity contribution in [2.45, 2.75) is 19.4 Å². The molecule has 0 atom stereocenters. The lowest BCUT2D eigenvalue weighted by atomic mass is 10.1. The van der Waals surface area contributed by atoms with Crippen molar-refractivity contribution in [3.05, 3.63) is 64.4 Å². The lowest BCUT2D eigenvalue weighted by Crippen LogP contribution is -2.19. The van der Waals surface area contributed by atoms with Gasteiger partial charge in [0.15, 0.2) is 5.78 Å². The minimum absolute atomic E-state index is 0.208. The fourth-order valence-electron chi connectivity index (χ4n) is 2.17. The summed E-state index contributed by atoms with van der Waals surface area (Å²) in [5, 5.41) is 0. The third-order valence-electron chi connectivity index (χ3n) is 3.31. The molecule has 0 aliphatic heterocycles. The number of halogens is 1. The first kappa shape index (κ1) is 15.9. The molecule has 0 unspecified atom stereocenters. The van der Waals surface area contributed by atoms with E-state index in [9.17, 15) is 4.79 Å². The zero-order valence-electron chi connectivity index (χ0n) is 12.1. The number of hydrogen-bond donors (Lipinski definition) is 0. The highest BCUT2D eigenvalue weighted by atomic mass is 79.9. The molecule has 0 radical (unpaired) electrons. The van der Waals surface area contributed by atoms with Gasteiger partial charge in [-0.05, 0) is 49.8 Å². The first-order valence-electron chi connectivity index (χ1n) is 7.01. The van der Waals surface area contributed by atoms with Crippen LogP contribution in [0.5, 0.6) is 0 Å². The second-order valence-electron chi connectivity index (χ2n) is 5.13. The molecule has 4 heteroatoms. The number of ketones is 1. The summed E-state index contributed by atoms with van der Waals surface area (Å²) in [6.45, 7) is 1.79. The molecule has 0 aliphatic carbocycles. The van der Waals surface area contributed by atoms with Crippen LogP contribution in [0.25, 0.3) is 0 Å². The van der Waals surface area contributed by atoms with Gasteiger partial charge < -0.3 is 4.90 Å². The fraction of sp³-hybridized carbons (Fsp3) is 0.294. The van der Waals surface area contributed by atoms with E-state index in [2.05, 4.69) is 32.9 Å². The number of carbonyl (C=O) groups is 1. The highest BCUT2D eigenvalue weighted by molar-refractivity contribution is 9.10. The second-order valence-corrected chi connectivity index (χ2v) is 6.04. The third kappa shape index (κ3) is 5.40. The molecule has 0 saturated heterocycles. The summed E-state index contributed by atoms with van der Waals surface area (Å²) >= 11 is 3.38. The van der Waals surface area contributed by atoms with Crippen LogP contribution in [0.1, 0.15) is 28.8 Å². The zero-order valence-corrected chi connectivity index (χ0v) is 13.7. The van der Waals surface area contributed by atoms with Crippen LogP contribution in [-0.4, -0.2) is 29.3 Å². The molecule has 110 valence electrons. The molecule has 0 amide bonds. The molecule has 1 aromatic carbocycles. The standard InChI is InChI=1S/C17H19BrN2O/c1-20(13-14-8-10-19-11-9-14)12-2-3-17(21)15-4-6-16(18)7-5-15/h4-11H,2-3,12-13H2,1H3. The van der Waals surface area contributed by atoms with Crippen LogP contribution < -0.4 is 0 Å². The highest BCUT2D eigenvalue weighted by Crippen LogP contribution is 2.13. The number of benzene rings is 1. The number of rotatable bonds is 7. The summed E-state index contributed by atoms with van der Waals surface area (Å²) in [6, 6.07) is 11.6. The SMILES string of the molecule is CN(CCCC(=O)c1ccc(Br)cc1)Cc1ccncc1. The predicted molar refractivity (Wildman–Crippen MR) is 88.3 cm³/mol. The Morgan fingerprint density at radius 2 is 1.81 bits per heavy atom. The fourth-order valence-corrected chi connectivity index (χ4v) is 2.43. The van der Waals surface area contributed by atoms with Crippen molar-refractivity contribution < 1.29 is 4.79 Å². The van der Waals surface area contributed by atoms with Gasteiger partial charge in [0, 0.05) is 35.4 Å². The van der Waals surface area contributed by atoms with Crippen LogP contribution in [0.3, 0.4) is 0 Å². The van der Waals surface area contributed by atoms with E-state index in [0.717, 1.165) is 29.5 Å². The smallest absolute Gasteiger partial charge is 0.162 e. The van der Waals surface area contributed by atoms with E-state index >= 15 is 0 Å². The Balaban J connectivity index is 1.73. The molecule has 2 rings (SSSR count). The van der Waals surface area contributed by atoms with Gasteiger partial charge in [-0.2, -0.15) is 0 Å². The van der Waals surface area contributed by atoms with Crippen molar-refractivity contribution >= 4 is 21.7 Å². The number of hydrogen-bond acceptors (Lipinski definition) is 3. The Kier molecular flexibility index (Phi) is 6.08. The van der Waals surface area contributed by atoms with Crippen LogP contribution in [0.15, 0.2) is 53.3 Å². The van der Waals surface area contributed by atoms with E-state index in [4.69, 9.17) is 0 Å². The lowest BCUT2D eigenvalue weighted by molar-refractivity contribution is 0.0976. The summed E-state index contributed by atoms with van der Waals surface area (Å²) in [7, 11) is 2.07. The van der Waals surface area contributed by atoms with E-state index in [1.54, 1.807) is 12.4 Å². The number of Topliss-reactive ketones (excluding diaryl/α,β-unsaturated/α-hetero) is 1. The number of carbonyl (C=O) groups excluding carboxylic acids is 1. The molecule has 2 aromatic rings. The van der Waals surface area contributed by atoms with Gasteiger partial charge in [0.2, 0.25) is 0 Å². The van der Waals surface area contributed by atoms with Gasteiger partial charge in [0.1, 0.15) is 0 Å². The normalized spacial score (nSPS) is 10.8. The molecule has 21 heavy (non-hydrogen) atoms. The molecular weight excluding hydrogens is 328 g/mol. The van der Waals surface area contributed by atoms with E-state index in [-0.39, 0.29) is 5.78 Å². The molecule has 0 bridgehead atoms. The van der Waals surface area contributed by atoms with Crippen molar-refractivity contribution in [2.24, 2.45) is 0 Å². The average Bonchev–Trinajstić information content (AvgIpc) is 2.49. The molecule has 0 fully saturated rings. The van der Waals surface area contributed by atoms with Gasteiger partial charge in [0.25, 0.3) is 0 Å². The van der Waals surface area contributed by atoms with E-state index < -0.39 is 0 Å². The van der Waals surface area contributed by atoms with Crippen molar-refractivity contribution in [1.29, 1.82) is 0 Å². The summed E-state index contributed by atoms with van der Waals surface area (Å²) in [5.74, 6) is 0.208. The van der Waals surface area contributed by atoms with E-state index in [0.29, 0.717) is 6.42 Å². The maximum Gasteiger partial charge on any atom is 0.162 e. The minimum Gasteiger partial charge on any atom is -0.302 e. The predicted octanol–water partition coefficient (Wildman–Crippen LogP) is 3.94. The van der Waals surface area contributed by atoms with Crippen LogP contribution in [-0.2, 0) is 6.54 Å². The maximum absolute atomic E-state index is 12.1. The van der Waals surface area contributed by atoms with Crippen molar-refractivity contribution in [3.63, 3.8) is 0 Å². The van der Waals surface area contributed by atoms with Crippen molar-refractivity contribution in [1.82, 2.24) is 9.88 Å². The van der Waals surface area contributed by atoms with Gasteiger partial charge >= 0.3 is 0 Å². The van der Waals surface area contributed by atoms with Crippen LogP contribution in [0.4, 0.5) is 0 Å². The van der Waals surface area contributed by atoms with Crippen molar-refractivity contribution in [2.75, 3.05) is 13.6 Å². The molecule has 0 aliphatic rings. The largest absolute Gasteiger partial charge is 0.302 e. The Hall–Kier alpha value is -1.52. The molecule has 0 N–H and O–H groups in total. The number of nitrogens with zero attached hydrogens (tertiary/aromatic N) is 2. The average molecular weight is 347 g/mol. The minimum atomic E-state index is 0.208. The van der Waals surface area contributed by atoms with Gasteiger partial charge in [-0.1, -0.05) is 28.1 Å². The van der Waals surface area contributed by atoms with E-state index in [1.165, 1.54) is 5.56 Å². The van der Waals surface area contributed by atoms with Crippen molar-refractivity contribution in [3.8, 4) is 0 Å². The highest BCUT2D eigenvalue weighted by Gasteiger charge is 2.06. The zero-order chi connectivity index (χ0) is 15.1. The maximum atomic E-state index is 12.1. The molecule has 1 aromatic heterocycles. The lowest BCUT2D eigenvalue weighted by Gasteiger charge is -2.16. The molecule has 1 heterocycles. The van der Waals surface area contributed by atoms with Gasteiger partial charge in [-0.25, -0.2) is 0 Å². The van der Waals surface area contributed by atoms with Crippen LogP contribution >= 0.6 is 15.9 Å². The van der Waals surface area contributed by atoms with Gasteiger partial charge in [-0.15, -0.1) is 0 Å². The first-order chi connectivity index (χ1) is 10.1. The monoisotopic (exact) mass is 346 g/mol. The summed E-state index contributed by atoms with van der Waals surface area (Å²) < 4.78 is 0.996. The third-order valence-corrected chi connectivity index (χ3v) is 3.84. The molecule has 3 nitrogen and oxygen atoms in total.